The van der Waals surface area contributed by atoms with Crippen LogP contribution in [-0.2, 0) is 14.8 Å². The lowest BCUT2D eigenvalue weighted by molar-refractivity contribution is -0.118. The summed E-state index contributed by atoms with van der Waals surface area (Å²) in [6, 6.07) is 8.83. The predicted octanol–water partition coefficient (Wildman–Crippen LogP) is 3.19. The molecule has 6 nitrogen and oxygen atoms in total. The number of amides is 1. The summed E-state index contributed by atoms with van der Waals surface area (Å²) < 4.78 is 31.5. The van der Waals surface area contributed by atoms with Crippen molar-refractivity contribution in [2.75, 3.05) is 26.0 Å². The SMILES string of the molecule is Cc1cc(C)cc(OCC(=O)Nc2cc(S(=O)(=O)N(C)C)cc(C)c2C)c1. The summed E-state index contributed by atoms with van der Waals surface area (Å²) in [6.07, 6.45) is 0. The number of hydrogen-bond donors (Lipinski definition) is 1. The number of carbonyl (C=O) groups excluding carboxylic acids is 1. The first-order chi connectivity index (χ1) is 12.5. The number of benzene rings is 2. The number of ether oxygens (including phenoxy) is 1. The third-order valence-corrected chi connectivity index (χ3v) is 6.05. The van der Waals surface area contributed by atoms with Gasteiger partial charge in [0, 0.05) is 19.8 Å². The molecule has 0 aromatic heterocycles. The predicted molar refractivity (Wildman–Crippen MR) is 107 cm³/mol. The second-order valence-electron chi connectivity index (χ2n) is 6.86. The van der Waals surface area contributed by atoms with Crippen LogP contribution in [0.1, 0.15) is 22.3 Å². The Bertz CT molecular complexity index is 946. The van der Waals surface area contributed by atoms with E-state index in [0.29, 0.717) is 11.4 Å². The van der Waals surface area contributed by atoms with E-state index in [2.05, 4.69) is 5.32 Å². The molecule has 0 fully saturated rings. The van der Waals surface area contributed by atoms with Crippen LogP contribution in [0.25, 0.3) is 0 Å². The van der Waals surface area contributed by atoms with E-state index in [-0.39, 0.29) is 17.4 Å². The van der Waals surface area contributed by atoms with Crippen molar-refractivity contribution in [1.29, 1.82) is 0 Å². The standard InChI is InChI=1S/C20H26N2O4S/c1-13-7-14(2)9-17(8-13)26-12-20(23)21-19-11-18(10-15(3)16(19)4)27(24,25)22(5)6/h7-11H,12H2,1-6H3,(H,21,23). The minimum Gasteiger partial charge on any atom is -0.484 e. The van der Waals surface area contributed by atoms with Gasteiger partial charge in [0.25, 0.3) is 5.91 Å². The van der Waals surface area contributed by atoms with Crippen LogP contribution in [0, 0.1) is 27.7 Å². The average molecular weight is 391 g/mol. The summed E-state index contributed by atoms with van der Waals surface area (Å²) >= 11 is 0. The molecule has 2 rings (SSSR count). The summed E-state index contributed by atoms with van der Waals surface area (Å²) in [6.45, 7) is 7.41. The fourth-order valence-corrected chi connectivity index (χ4v) is 3.68. The smallest absolute Gasteiger partial charge is 0.262 e. The van der Waals surface area contributed by atoms with Crippen molar-refractivity contribution in [3.63, 3.8) is 0 Å². The Morgan fingerprint density at radius 2 is 1.59 bits per heavy atom. The van der Waals surface area contributed by atoms with Crippen LogP contribution in [0.5, 0.6) is 5.75 Å². The van der Waals surface area contributed by atoms with Crippen molar-refractivity contribution in [3.8, 4) is 5.75 Å². The number of rotatable bonds is 6. The second-order valence-corrected chi connectivity index (χ2v) is 9.01. The zero-order valence-electron chi connectivity index (χ0n) is 16.6. The van der Waals surface area contributed by atoms with Gasteiger partial charge >= 0.3 is 0 Å². The highest BCUT2D eigenvalue weighted by Crippen LogP contribution is 2.25. The molecule has 0 spiro atoms. The molecule has 0 saturated heterocycles. The van der Waals surface area contributed by atoms with Crippen molar-refractivity contribution in [1.82, 2.24) is 4.31 Å². The van der Waals surface area contributed by atoms with E-state index in [0.717, 1.165) is 26.6 Å². The zero-order valence-corrected chi connectivity index (χ0v) is 17.4. The van der Waals surface area contributed by atoms with E-state index in [1.165, 1.54) is 20.2 Å². The van der Waals surface area contributed by atoms with Crippen LogP contribution in [0.15, 0.2) is 35.2 Å². The van der Waals surface area contributed by atoms with E-state index in [1.807, 2.05) is 45.9 Å². The van der Waals surface area contributed by atoms with E-state index >= 15 is 0 Å². The molecule has 2 aromatic rings. The maximum absolute atomic E-state index is 12.4. The summed E-state index contributed by atoms with van der Waals surface area (Å²) in [4.78, 5) is 12.5. The molecule has 0 radical (unpaired) electrons. The van der Waals surface area contributed by atoms with Crippen LogP contribution >= 0.6 is 0 Å². The number of nitrogens with one attached hydrogen (secondary N) is 1. The molecule has 1 N–H and O–H groups in total. The van der Waals surface area contributed by atoms with E-state index in [9.17, 15) is 13.2 Å². The Labute approximate surface area is 161 Å². The average Bonchev–Trinajstić information content (AvgIpc) is 2.55. The number of aryl methyl sites for hydroxylation is 3. The Morgan fingerprint density at radius 3 is 2.15 bits per heavy atom. The first kappa shape index (κ1) is 20.9. The molecule has 2 aromatic carbocycles. The normalized spacial score (nSPS) is 11.5. The minimum atomic E-state index is -3.59. The summed E-state index contributed by atoms with van der Waals surface area (Å²) in [5.41, 5.74) is 4.16. The van der Waals surface area contributed by atoms with E-state index in [1.54, 1.807) is 6.07 Å². The summed E-state index contributed by atoms with van der Waals surface area (Å²) in [5, 5.41) is 2.76. The molecule has 0 heterocycles. The van der Waals surface area contributed by atoms with Gasteiger partial charge < -0.3 is 10.1 Å². The summed E-state index contributed by atoms with van der Waals surface area (Å²) in [5.74, 6) is 0.274. The van der Waals surface area contributed by atoms with Gasteiger partial charge in [0.15, 0.2) is 6.61 Å². The van der Waals surface area contributed by atoms with Crippen LogP contribution in [0.2, 0.25) is 0 Å². The Kier molecular flexibility index (Phi) is 6.28. The molecule has 1 amide bonds. The molecule has 0 unspecified atom stereocenters. The molecule has 146 valence electrons. The first-order valence-electron chi connectivity index (χ1n) is 8.55. The fraction of sp³-hybridized carbons (Fsp3) is 0.350. The van der Waals surface area contributed by atoms with Gasteiger partial charge in [-0.2, -0.15) is 0 Å². The lowest BCUT2D eigenvalue weighted by atomic mass is 10.1. The Balaban J connectivity index is 2.18. The second kappa shape index (κ2) is 8.10. The molecule has 27 heavy (non-hydrogen) atoms. The zero-order chi connectivity index (χ0) is 20.4. The van der Waals surface area contributed by atoms with Crippen molar-refractivity contribution in [3.05, 3.63) is 52.6 Å². The van der Waals surface area contributed by atoms with Crippen LogP contribution in [0.4, 0.5) is 5.69 Å². The van der Waals surface area contributed by atoms with E-state index < -0.39 is 10.0 Å². The van der Waals surface area contributed by atoms with Gasteiger partial charge in [0.2, 0.25) is 10.0 Å². The Hall–Kier alpha value is -2.38. The van der Waals surface area contributed by atoms with Gasteiger partial charge in [-0.05, 0) is 74.2 Å². The third-order valence-electron chi connectivity index (χ3n) is 4.26. The number of carbonyl (C=O) groups is 1. The molecular weight excluding hydrogens is 364 g/mol. The fourth-order valence-electron chi connectivity index (χ4n) is 2.67. The topological polar surface area (TPSA) is 75.7 Å². The van der Waals surface area contributed by atoms with Gasteiger partial charge in [-0.15, -0.1) is 0 Å². The van der Waals surface area contributed by atoms with Gasteiger partial charge in [-0.25, -0.2) is 12.7 Å². The van der Waals surface area contributed by atoms with Crippen molar-refractivity contribution in [2.24, 2.45) is 0 Å². The van der Waals surface area contributed by atoms with Gasteiger partial charge in [0.1, 0.15) is 5.75 Å². The maximum Gasteiger partial charge on any atom is 0.262 e. The van der Waals surface area contributed by atoms with Gasteiger partial charge in [-0.1, -0.05) is 6.07 Å². The molecule has 7 heteroatoms. The highest BCUT2D eigenvalue weighted by Gasteiger charge is 2.20. The monoisotopic (exact) mass is 390 g/mol. The number of anilines is 1. The highest BCUT2D eigenvalue weighted by molar-refractivity contribution is 7.89. The molecule has 0 aliphatic rings. The minimum absolute atomic E-state index is 0.140. The number of sulfonamides is 1. The van der Waals surface area contributed by atoms with Crippen molar-refractivity contribution >= 4 is 21.6 Å². The third kappa shape index (κ3) is 5.08. The van der Waals surface area contributed by atoms with Gasteiger partial charge in [0.05, 0.1) is 4.90 Å². The molecule has 0 saturated carbocycles. The lowest BCUT2D eigenvalue weighted by Gasteiger charge is -2.16. The molecule has 0 atom stereocenters. The first-order valence-corrected chi connectivity index (χ1v) is 9.99. The molecule has 0 aliphatic carbocycles. The van der Waals surface area contributed by atoms with Crippen molar-refractivity contribution in [2.45, 2.75) is 32.6 Å². The van der Waals surface area contributed by atoms with Crippen LogP contribution in [-0.4, -0.2) is 39.3 Å². The highest BCUT2D eigenvalue weighted by atomic mass is 32.2. The van der Waals surface area contributed by atoms with Gasteiger partial charge in [-0.3, -0.25) is 4.79 Å². The molecular formula is C20H26N2O4S. The van der Waals surface area contributed by atoms with E-state index in [4.69, 9.17) is 4.74 Å². The number of hydrogen-bond acceptors (Lipinski definition) is 4. The van der Waals surface area contributed by atoms with Crippen LogP contribution < -0.4 is 10.1 Å². The lowest BCUT2D eigenvalue weighted by Crippen LogP contribution is -2.24. The molecule has 0 bridgehead atoms. The van der Waals surface area contributed by atoms with Crippen LogP contribution in [0.3, 0.4) is 0 Å². The maximum atomic E-state index is 12.4. The largest absolute Gasteiger partial charge is 0.484 e. The van der Waals surface area contributed by atoms with Crippen molar-refractivity contribution < 1.29 is 17.9 Å². The summed E-state index contributed by atoms with van der Waals surface area (Å²) in [7, 11) is -0.643. The quantitative estimate of drug-likeness (QED) is 0.822. The molecule has 0 aliphatic heterocycles. The number of nitrogens with zero attached hydrogens (tertiary/aromatic N) is 1. The Morgan fingerprint density at radius 1 is 1.00 bits per heavy atom.